The summed E-state index contributed by atoms with van der Waals surface area (Å²) in [6.07, 6.45) is 3.83. The van der Waals surface area contributed by atoms with Gasteiger partial charge in [-0.15, -0.1) is 0 Å². The minimum absolute atomic E-state index is 0.0291. The van der Waals surface area contributed by atoms with E-state index < -0.39 is 0 Å². The zero-order valence-electron chi connectivity index (χ0n) is 16.4. The van der Waals surface area contributed by atoms with E-state index in [1.165, 1.54) is 11.1 Å². The molecule has 0 unspecified atom stereocenters. The Morgan fingerprint density at radius 3 is 2.46 bits per heavy atom. The summed E-state index contributed by atoms with van der Waals surface area (Å²) in [6, 6.07) is 9.84. The zero-order chi connectivity index (χ0) is 19.7. The molecule has 1 saturated heterocycles. The molecule has 0 atom stereocenters. The summed E-state index contributed by atoms with van der Waals surface area (Å²) in [5.74, 6) is 0.530. The third kappa shape index (κ3) is 3.74. The quantitative estimate of drug-likeness (QED) is 0.754. The van der Waals surface area contributed by atoms with Gasteiger partial charge in [0.15, 0.2) is 0 Å². The number of amides is 1. The lowest BCUT2D eigenvalue weighted by Gasteiger charge is -2.14. The topological polar surface area (TPSA) is 75.9 Å². The second-order valence-electron chi connectivity index (χ2n) is 7.30. The van der Waals surface area contributed by atoms with Crippen LogP contribution in [0.2, 0.25) is 0 Å². The summed E-state index contributed by atoms with van der Waals surface area (Å²) in [7, 11) is 1.79. The first kappa shape index (κ1) is 18.2. The van der Waals surface area contributed by atoms with Crippen LogP contribution in [0.5, 0.6) is 0 Å². The summed E-state index contributed by atoms with van der Waals surface area (Å²) < 4.78 is 1.63. The normalized spacial score (nSPS) is 13.8. The van der Waals surface area contributed by atoms with Gasteiger partial charge in [0.2, 0.25) is 5.95 Å². The lowest BCUT2D eigenvalue weighted by Crippen LogP contribution is -2.29. The largest absolute Gasteiger partial charge is 0.337 e. The van der Waals surface area contributed by atoms with E-state index >= 15 is 0 Å². The molecule has 0 radical (unpaired) electrons. The van der Waals surface area contributed by atoms with Crippen LogP contribution in [-0.4, -0.2) is 43.6 Å². The average Bonchev–Trinajstić information content (AvgIpc) is 3.30. The molecule has 0 spiro atoms. The monoisotopic (exact) mass is 376 g/mol. The van der Waals surface area contributed by atoms with Crippen LogP contribution in [0.15, 0.2) is 36.5 Å². The van der Waals surface area contributed by atoms with Gasteiger partial charge in [0.05, 0.1) is 5.69 Å². The first-order valence-corrected chi connectivity index (χ1v) is 9.52. The molecule has 1 aliphatic rings. The van der Waals surface area contributed by atoms with Crippen molar-refractivity contribution in [1.82, 2.24) is 24.6 Å². The van der Waals surface area contributed by atoms with Crippen LogP contribution in [0.1, 0.15) is 34.5 Å². The van der Waals surface area contributed by atoms with Crippen molar-refractivity contribution in [2.24, 2.45) is 7.05 Å². The molecule has 1 fully saturated rings. The number of likely N-dealkylation sites (tertiary alicyclic amines) is 1. The zero-order valence-corrected chi connectivity index (χ0v) is 16.4. The van der Waals surface area contributed by atoms with Crippen LogP contribution >= 0.6 is 0 Å². The van der Waals surface area contributed by atoms with Crippen LogP contribution in [0.25, 0.3) is 11.4 Å². The van der Waals surface area contributed by atoms with Crippen LogP contribution in [0, 0.1) is 13.8 Å². The lowest BCUT2D eigenvalue weighted by atomic mass is 10.1. The van der Waals surface area contributed by atoms with E-state index in [1.54, 1.807) is 24.0 Å². The van der Waals surface area contributed by atoms with Gasteiger partial charge < -0.3 is 10.2 Å². The number of nitrogens with one attached hydrogen (secondary N) is 1. The van der Waals surface area contributed by atoms with Crippen molar-refractivity contribution < 1.29 is 4.79 Å². The molecular weight excluding hydrogens is 352 g/mol. The van der Waals surface area contributed by atoms with E-state index in [0.29, 0.717) is 23.0 Å². The third-order valence-electron chi connectivity index (χ3n) is 4.89. The molecular formula is C21H24N6O. The number of carbonyl (C=O) groups excluding carboxylic acids is 1. The Kier molecular flexibility index (Phi) is 4.81. The Morgan fingerprint density at radius 1 is 1.04 bits per heavy atom. The van der Waals surface area contributed by atoms with E-state index in [-0.39, 0.29) is 5.91 Å². The molecule has 7 heteroatoms. The second-order valence-corrected chi connectivity index (χ2v) is 7.30. The molecule has 144 valence electrons. The highest BCUT2D eigenvalue weighted by Gasteiger charge is 2.23. The van der Waals surface area contributed by atoms with Crippen molar-refractivity contribution >= 4 is 17.5 Å². The van der Waals surface area contributed by atoms with Crippen molar-refractivity contribution in [3.63, 3.8) is 0 Å². The summed E-state index contributed by atoms with van der Waals surface area (Å²) in [5, 5.41) is 7.75. The minimum Gasteiger partial charge on any atom is -0.337 e. The Bertz CT molecular complexity index is 999. The fraction of sp³-hybridized carbons (Fsp3) is 0.333. The molecule has 0 aliphatic carbocycles. The Hall–Kier alpha value is -3.22. The highest BCUT2D eigenvalue weighted by atomic mass is 16.2. The molecule has 2 aromatic heterocycles. The number of hydrogen-bond acceptors (Lipinski definition) is 5. The van der Waals surface area contributed by atoms with Gasteiger partial charge in [0.25, 0.3) is 5.91 Å². The van der Waals surface area contributed by atoms with Crippen LogP contribution in [-0.2, 0) is 7.05 Å². The number of benzene rings is 1. The Morgan fingerprint density at radius 2 is 1.75 bits per heavy atom. The van der Waals surface area contributed by atoms with E-state index in [1.807, 2.05) is 11.0 Å². The Labute approximate surface area is 164 Å². The molecule has 1 aromatic carbocycles. The summed E-state index contributed by atoms with van der Waals surface area (Å²) in [6.45, 7) is 5.75. The molecule has 0 bridgehead atoms. The van der Waals surface area contributed by atoms with E-state index in [0.717, 1.165) is 31.6 Å². The molecule has 3 aromatic rings. The van der Waals surface area contributed by atoms with Gasteiger partial charge in [-0.3, -0.25) is 9.48 Å². The summed E-state index contributed by atoms with van der Waals surface area (Å²) in [4.78, 5) is 23.5. The minimum atomic E-state index is 0.0291. The van der Waals surface area contributed by atoms with Gasteiger partial charge in [-0.2, -0.15) is 5.10 Å². The second kappa shape index (κ2) is 7.42. The van der Waals surface area contributed by atoms with Crippen molar-refractivity contribution in [3.05, 3.63) is 53.3 Å². The van der Waals surface area contributed by atoms with Crippen LogP contribution < -0.4 is 5.32 Å². The summed E-state index contributed by atoms with van der Waals surface area (Å²) in [5.41, 5.74) is 5.22. The third-order valence-corrected chi connectivity index (χ3v) is 4.89. The molecule has 1 N–H and O–H groups in total. The fourth-order valence-corrected chi connectivity index (χ4v) is 3.61. The van der Waals surface area contributed by atoms with Gasteiger partial charge in [0, 0.05) is 32.0 Å². The van der Waals surface area contributed by atoms with Crippen LogP contribution in [0.3, 0.4) is 0 Å². The first-order valence-electron chi connectivity index (χ1n) is 9.52. The number of hydrogen-bond donors (Lipinski definition) is 1. The molecule has 0 saturated carbocycles. The standard InChI is InChI=1S/C21H24N6O/c1-14-10-15(2)12-16(11-14)23-21-22-7-6-17(24-21)18-13-19(26(3)25-18)20(28)27-8-4-5-9-27/h6-7,10-13H,4-5,8-9H2,1-3H3,(H,22,23,24). The molecule has 4 rings (SSSR count). The molecule has 1 aliphatic heterocycles. The highest BCUT2D eigenvalue weighted by Crippen LogP contribution is 2.22. The predicted octanol–water partition coefficient (Wildman–Crippen LogP) is 3.47. The molecule has 3 heterocycles. The maximum absolute atomic E-state index is 12.7. The maximum Gasteiger partial charge on any atom is 0.272 e. The van der Waals surface area contributed by atoms with Gasteiger partial charge in [-0.25, -0.2) is 9.97 Å². The van der Waals surface area contributed by atoms with Gasteiger partial charge in [-0.05, 0) is 62.1 Å². The molecule has 7 nitrogen and oxygen atoms in total. The Balaban J connectivity index is 1.59. The smallest absolute Gasteiger partial charge is 0.272 e. The maximum atomic E-state index is 12.7. The van der Waals surface area contributed by atoms with Crippen molar-refractivity contribution in [1.29, 1.82) is 0 Å². The van der Waals surface area contributed by atoms with Gasteiger partial charge in [-0.1, -0.05) is 6.07 Å². The lowest BCUT2D eigenvalue weighted by molar-refractivity contribution is 0.0782. The fourth-order valence-electron chi connectivity index (χ4n) is 3.61. The number of nitrogens with zero attached hydrogens (tertiary/aromatic N) is 5. The first-order chi connectivity index (χ1) is 13.5. The number of aromatic nitrogens is 4. The predicted molar refractivity (Wildman–Crippen MR) is 109 cm³/mol. The van der Waals surface area contributed by atoms with Crippen molar-refractivity contribution in [3.8, 4) is 11.4 Å². The number of anilines is 2. The van der Waals surface area contributed by atoms with Crippen molar-refractivity contribution in [2.45, 2.75) is 26.7 Å². The number of rotatable bonds is 4. The number of aryl methyl sites for hydroxylation is 3. The number of carbonyl (C=O) groups is 1. The van der Waals surface area contributed by atoms with E-state index in [2.05, 4.69) is 52.4 Å². The molecule has 1 amide bonds. The van der Waals surface area contributed by atoms with E-state index in [4.69, 9.17) is 0 Å². The van der Waals surface area contributed by atoms with Gasteiger partial charge in [0.1, 0.15) is 11.4 Å². The van der Waals surface area contributed by atoms with E-state index in [9.17, 15) is 4.79 Å². The average molecular weight is 376 g/mol. The van der Waals surface area contributed by atoms with Crippen LogP contribution in [0.4, 0.5) is 11.6 Å². The molecule has 28 heavy (non-hydrogen) atoms. The van der Waals surface area contributed by atoms with Gasteiger partial charge >= 0.3 is 0 Å². The van der Waals surface area contributed by atoms with Crippen molar-refractivity contribution in [2.75, 3.05) is 18.4 Å². The highest BCUT2D eigenvalue weighted by molar-refractivity contribution is 5.93. The summed E-state index contributed by atoms with van der Waals surface area (Å²) >= 11 is 0. The SMILES string of the molecule is Cc1cc(C)cc(Nc2nccc(-c3cc(C(=O)N4CCCC4)n(C)n3)n2)c1.